The Morgan fingerprint density at radius 2 is 0.833 bits per heavy atom. The summed E-state index contributed by atoms with van der Waals surface area (Å²) in [6.07, 6.45) is 8.47. The van der Waals surface area contributed by atoms with Crippen molar-refractivity contribution >= 4 is 42.5 Å². The number of piperidine rings is 3. The zero-order valence-corrected chi connectivity index (χ0v) is 41.6. The fourth-order valence-corrected chi connectivity index (χ4v) is 6.76. The molecule has 16 nitrogen and oxygen atoms in total. The molecule has 3 aliphatic rings. The SMILES string of the molecule is C.C.C=CCC.C=CCC1(C(=O)OCC)CCN(C(=O)OC(C)(C)C)CC1.CCOC(=O)C1(CC=O)CCN(C(=O)OC(C)(C)C)CC1.CCOC(=O)C1CCN(C(=O)OC(C)(C)C)CC1. The molecule has 384 valence electrons. The Labute approximate surface area is 398 Å². The number of ether oxygens (including phenoxy) is 6. The Bertz CT molecular complexity index is 1410. The maximum Gasteiger partial charge on any atom is 0.410 e. The first kappa shape index (κ1) is 65.6. The number of hydrogen-bond donors (Lipinski definition) is 0. The lowest BCUT2D eigenvalue weighted by Gasteiger charge is -2.39. The lowest BCUT2D eigenvalue weighted by molar-refractivity contribution is -0.160. The molecule has 3 amide bonds. The average Bonchev–Trinajstić information content (AvgIpc) is 3.20. The first-order valence-corrected chi connectivity index (χ1v) is 22.8. The van der Waals surface area contributed by atoms with E-state index >= 15 is 0 Å². The van der Waals surface area contributed by atoms with Gasteiger partial charge in [-0.05, 0) is 134 Å². The first-order chi connectivity index (χ1) is 29.7. The molecule has 0 saturated carbocycles. The molecule has 3 rings (SSSR count). The third-order valence-electron chi connectivity index (χ3n) is 10.2. The molecule has 0 N–H and O–H groups in total. The summed E-state index contributed by atoms with van der Waals surface area (Å²) in [5.74, 6) is -0.764. The molecule has 0 aromatic rings. The number of allylic oxidation sites excluding steroid dienone is 2. The van der Waals surface area contributed by atoms with Crippen molar-refractivity contribution in [2.45, 2.75) is 179 Å². The van der Waals surface area contributed by atoms with Crippen LogP contribution in [0.2, 0.25) is 0 Å². The quantitative estimate of drug-likeness (QED) is 0.0826. The minimum atomic E-state index is -0.795. The Morgan fingerprint density at radius 3 is 1.09 bits per heavy atom. The van der Waals surface area contributed by atoms with Gasteiger partial charge in [-0.2, -0.15) is 0 Å². The number of likely N-dealkylation sites (tertiary alicyclic amines) is 3. The van der Waals surface area contributed by atoms with E-state index in [0.717, 1.165) is 12.7 Å². The molecule has 16 heteroatoms. The minimum Gasteiger partial charge on any atom is -0.466 e. The van der Waals surface area contributed by atoms with Crippen LogP contribution in [0.4, 0.5) is 14.4 Å². The van der Waals surface area contributed by atoms with Crippen molar-refractivity contribution in [2.24, 2.45) is 16.7 Å². The standard InChI is InChI=1S/C16H27NO4.C15H25NO5.C13H23NO4.C4H8.2CH4/c1-6-8-16(13(18)20-7-2)9-11-17(12-10-16)14(19)21-15(3,4)5;1-5-20-12(18)15(8-11-17)6-9-16(10-7-15)13(19)21-14(2,3)4;1-5-17-11(15)10-6-8-14(9-7-10)12(16)18-13(2,3)4;1-3-4-2;;/h6H,1,7-12H2,2-5H3;11H,5-10H2,1-4H3;10H,5-9H2,1-4H3;3H,1,4H2,2H3;2*1H4. The van der Waals surface area contributed by atoms with Crippen LogP contribution < -0.4 is 0 Å². The van der Waals surface area contributed by atoms with Gasteiger partial charge in [0.25, 0.3) is 0 Å². The van der Waals surface area contributed by atoms with Crippen molar-refractivity contribution in [3.05, 3.63) is 25.3 Å². The Kier molecular flexibility index (Phi) is 31.2. The van der Waals surface area contributed by atoms with Crippen molar-refractivity contribution in [3.8, 4) is 0 Å². The summed E-state index contributed by atoms with van der Waals surface area (Å²) in [6.45, 7) is 35.1. The summed E-state index contributed by atoms with van der Waals surface area (Å²) < 4.78 is 31.2. The van der Waals surface area contributed by atoms with Crippen molar-refractivity contribution in [3.63, 3.8) is 0 Å². The number of rotatable bonds is 11. The Hall–Kier alpha value is -4.63. The van der Waals surface area contributed by atoms with E-state index in [2.05, 4.69) is 20.1 Å². The van der Waals surface area contributed by atoms with Gasteiger partial charge in [0.05, 0.1) is 36.6 Å². The van der Waals surface area contributed by atoms with Gasteiger partial charge < -0.3 is 47.9 Å². The van der Waals surface area contributed by atoms with E-state index in [1.807, 2.05) is 68.4 Å². The highest BCUT2D eigenvalue weighted by Crippen LogP contribution is 2.38. The number of amides is 3. The van der Waals surface area contributed by atoms with Gasteiger partial charge in [0.1, 0.15) is 23.1 Å². The molecule has 0 spiro atoms. The number of aldehydes is 1. The zero-order valence-electron chi connectivity index (χ0n) is 41.6. The summed E-state index contributed by atoms with van der Waals surface area (Å²) in [5, 5.41) is 0. The second kappa shape index (κ2) is 31.4. The molecule has 3 heterocycles. The molecule has 3 fully saturated rings. The van der Waals surface area contributed by atoms with Crippen molar-refractivity contribution in [1.82, 2.24) is 14.7 Å². The largest absolute Gasteiger partial charge is 0.466 e. The number of esters is 3. The van der Waals surface area contributed by atoms with Crippen LogP contribution in [-0.4, -0.2) is 133 Å². The van der Waals surface area contributed by atoms with Crippen LogP contribution in [0.25, 0.3) is 0 Å². The van der Waals surface area contributed by atoms with Crippen LogP contribution in [0.3, 0.4) is 0 Å². The molecule has 0 aromatic heterocycles. The number of carbonyl (C=O) groups excluding carboxylic acids is 7. The van der Waals surface area contributed by atoms with Gasteiger partial charge in [0.2, 0.25) is 0 Å². The van der Waals surface area contributed by atoms with E-state index in [9.17, 15) is 33.6 Å². The van der Waals surface area contributed by atoms with Crippen LogP contribution >= 0.6 is 0 Å². The van der Waals surface area contributed by atoms with Gasteiger partial charge in [-0.3, -0.25) is 14.4 Å². The van der Waals surface area contributed by atoms with E-state index in [0.29, 0.717) is 97.4 Å². The molecule has 66 heavy (non-hydrogen) atoms. The minimum absolute atomic E-state index is 0. The highest BCUT2D eigenvalue weighted by molar-refractivity contribution is 5.81. The normalized spacial score (nSPS) is 16.6. The highest BCUT2D eigenvalue weighted by Gasteiger charge is 2.45. The lowest BCUT2D eigenvalue weighted by atomic mass is 9.75. The second-order valence-corrected chi connectivity index (χ2v) is 19.0. The molecule has 0 aromatic carbocycles. The zero-order chi connectivity index (χ0) is 49.4. The van der Waals surface area contributed by atoms with Gasteiger partial charge in [-0.1, -0.05) is 33.9 Å². The Balaban J connectivity index is -0.000000855. The molecule has 3 aliphatic heterocycles. The second-order valence-electron chi connectivity index (χ2n) is 19.0. The van der Waals surface area contributed by atoms with Crippen LogP contribution in [-0.2, 0) is 47.6 Å². The van der Waals surface area contributed by atoms with E-state index in [4.69, 9.17) is 28.4 Å². The summed E-state index contributed by atoms with van der Waals surface area (Å²) in [4.78, 5) is 87.5. The third kappa shape index (κ3) is 24.8. The first-order valence-electron chi connectivity index (χ1n) is 22.8. The molecular formula is C50H91N3O13. The maximum atomic E-state index is 12.2. The summed E-state index contributed by atoms with van der Waals surface area (Å²) in [7, 11) is 0. The van der Waals surface area contributed by atoms with Gasteiger partial charge in [0.15, 0.2) is 0 Å². The van der Waals surface area contributed by atoms with Crippen LogP contribution in [0.5, 0.6) is 0 Å². The van der Waals surface area contributed by atoms with Crippen LogP contribution in [0, 0.1) is 16.7 Å². The number of nitrogens with zero attached hydrogens (tertiary/aromatic N) is 3. The van der Waals surface area contributed by atoms with Crippen molar-refractivity contribution < 1.29 is 62.0 Å². The van der Waals surface area contributed by atoms with Gasteiger partial charge in [-0.15, -0.1) is 13.2 Å². The van der Waals surface area contributed by atoms with Crippen LogP contribution in [0.1, 0.15) is 163 Å². The topological polar surface area (TPSA) is 185 Å². The predicted octanol–water partition coefficient (Wildman–Crippen LogP) is 10.3. The average molecular weight is 942 g/mol. The van der Waals surface area contributed by atoms with Crippen LogP contribution in [0.15, 0.2) is 25.3 Å². The molecule has 0 bridgehead atoms. The maximum absolute atomic E-state index is 12.2. The molecular weight excluding hydrogens is 851 g/mol. The van der Waals surface area contributed by atoms with E-state index in [1.54, 1.807) is 41.5 Å². The van der Waals surface area contributed by atoms with Gasteiger partial charge in [-0.25, -0.2) is 14.4 Å². The number of carbonyl (C=O) groups is 7. The summed E-state index contributed by atoms with van der Waals surface area (Å²) in [5.41, 5.74) is -2.87. The van der Waals surface area contributed by atoms with E-state index in [1.165, 1.54) is 0 Å². The van der Waals surface area contributed by atoms with Crippen molar-refractivity contribution in [2.75, 3.05) is 59.1 Å². The smallest absolute Gasteiger partial charge is 0.410 e. The fourth-order valence-electron chi connectivity index (χ4n) is 6.76. The fraction of sp³-hybridized carbons (Fsp3) is 0.780. The van der Waals surface area contributed by atoms with Gasteiger partial charge in [0, 0.05) is 45.7 Å². The van der Waals surface area contributed by atoms with Crippen molar-refractivity contribution in [1.29, 1.82) is 0 Å². The number of hydrogen-bond acceptors (Lipinski definition) is 13. The molecule has 3 saturated heterocycles. The molecule has 0 unspecified atom stereocenters. The third-order valence-corrected chi connectivity index (χ3v) is 10.2. The lowest BCUT2D eigenvalue weighted by Crippen LogP contribution is -2.48. The summed E-state index contributed by atoms with van der Waals surface area (Å²) in [6, 6.07) is 0. The predicted molar refractivity (Wildman–Crippen MR) is 259 cm³/mol. The summed E-state index contributed by atoms with van der Waals surface area (Å²) >= 11 is 0. The van der Waals surface area contributed by atoms with E-state index in [-0.39, 0.29) is 70.0 Å². The molecule has 0 atom stereocenters. The Morgan fingerprint density at radius 1 is 0.530 bits per heavy atom. The molecule has 0 radical (unpaired) electrons. The molecule has 0 aliphatic carbocycles. The van der Waals surface area contributed by atoms with E-state index < -0.39 is 27.6 Å². The highest BCUT2D eigenvalue weighted by atomic mass is 16.6. The van der Waals surface area contributed by atoms with Gasteiger partial charge >= 0.3 is 36.2 Å². The monoisotopic (exact) mass is 942 g/mol.